The molecule has 24 heavy (non-hydrogen) atoms. The van der Waals surface area contributed by atoms with Gasteiger partial charge in [-0.25, -0.2) is 4.39 Å². The molecule has 2 aliphatic rings. The highest BCUT2D eigenvalue weighted by Crippen LogP contribution is 2.40. The number of nitrogens with zero attached hydrogens (tertiary/aromatic N) is 3. The molecule has 0 spiro atoms. The molecule has 6 heteroatoms. The van der Waals surface area contributed by atoms with Crippen LogP contribution < -0.4 is 4.74 Å². The molecular weight excluding hydrogens is 325 g/mol. The topological polar surface area (TPSA) is 38.3 Å². The molecule has 3 atom stereocenters. The highest BCUT2D eigenvalue weighted by molar-refractivity contribution is 6.99. The van der Waals surface area contributed by atoms with Gasteiger partial charge >= 0.3 is 0 Å². The standard InChI is InChI=1S/C18H18FN3OS/c19-16-8-2-1-5-13(16)7-4-10-23-18-17(20-24-21-18)15-12-22-9-3-6-14(15)11-22/h1-2,5,8,14-15H,3,6,9-12H2/t14-,15+/m0/s1. The van der Waals surface area contributed by atoms with Gasteiger partial charge in [0.15, 0.2) is 6.61 Å². The summed E-state index contributed by atoms with van der Waals surface area (Å²) in [5.41, 5.74) is 1.36. The molecule has 4 rings (SSSR count). The lowest BCUT2D eigenvalue weighted by Gasteiger charge is -2.21. The third-order valence-electron chi connectivity index (χ3n) is 4.78. The molecule has 2 aromatic rings. The number of hydrogen-bond donors (Lipinski definition) is 0. The second-order valence-corrected chi connectivity index (χ2v) is 6.82. The maximum Gasteiger partial charge on any atom is 0.250 e. The number of rotatable bonds is 3. The fraction of sp³-hybridized carbons (Fsp3) is 0.444. The van der Waals surface area contributed by atoms with Crippen molar-refractivity contribution in [1.82, 2.24) is 13.6 Å². The highest BCUT2D eigenvalue weighted by atomic mass is 32.1. The number of ether oxygens (including phenoxy) is 1. The zero-order valence-electron chi connectivity index (χ0n) is 13.2. The average Bonchev–Trinajstić information content (AvgIpc) is 3.17. The zero-order valence-corrected chi connectivity index (χ0v) is 14.1. The first-order chi connectivity index (χ1) is 11.8. The molecule has 4 nitrogen and oxygen atoms in total. The van der Waals surface area contributed by atoms with E-state index < -0.39 is 0 Å². The second-order valence-electron chi connectivity index (χ2n) is 6.29. The van der Waals surface area contributed by atoms with Crippen molar-refractivity contribution in [2.24, 2.45) is 5.92 Å². The predicted octanol–water partition coefficient (Wildman–Crippen LogP) is 2.92. The average molecular weight is 343 g/mol. The van der Waals surface area contributed by atoms with Crippen LogP contribution in [0.5, 0.6) is 5.88 Å². The Labute approximate surface area is 145 Å². The van der Waals surface area contributed by atoms with Crippen LogP contribution in [0.25, 0.3) is 0 Å². The van der Waals surface area contributed by atoms with Gasteiger partial charge in [-0.3, -0.25) is 0 Å². The van der Waals surface area contributed by atoms with Gasteiger partial charge < -0.3 is 9.64 Å². The third-order valence-corrected chi connectivity index (χ3v) is 5.30. The van der Waals surface area contributed by atoms with E-state index in [0.717, 1.165) is 18.8 Å². The fourth-order valence-electron chi connectivity index (χ4n) is 3.63. The molecule has 0 aliphatic carbocycles. The molecule has 2 aliphatic heterocycles. The van der Waals surface area contributed by atoms with Crippen LogP contribution in [0.3, 0.4) is 0 Å². The van der Waals surface area contributed by atoms with Crippen LogP contribution in [-0.2, 0) is 0 Å². The SMILES string of the molecule is Fc1ccccc1C#CCOc1nsnc1[C@@H]1CN2CCC[C@H]1C2. The van der Waals surface area contributed by atoms with E-state index in [1.165, 1.54) is 37.2 Å². The summed E-state index contributed by atoms with van der Waals surface area (Å²) in [6.45, 7) is 3.59. The van der Waals surface area contributed by atoms with Crippen molar-refractivity contribution >= 4 is 11.7 Å². The van der Waals surface area contributed by atoms with E-state index in [2.05, 4.69) is 25.5 Å². The number of hydrogen-bond acceptors (Lipinski definition) is 5. The molecule has 1 aromatic heterocycles. The van der Waals surface area contributed by atoms with Gasteiger partial charge in [-0.1, -0.05) is 24.0 Å². The van der Waals surface area contributed by atoms with Crippen molar-refractivity contribution in [2.45, 2.75) is 18.8 Å². The van der Waals surface area contributed by atoms with Crippen LogP contribution in [0.4, 0.5) is 4.39 Å². The van der Waals surface area contributed by atoms with Crippen LogP contribution in [-0.4, -0.2) is 39.9 Å². The molecule has 0 saturated carbocycles. The van der Waals surface area contributed by atoms with Crippen molar-refractivity contribution in [3.8, 4) is 17.7 Å². The molecule has 1 aromatic carbocycles. The minimum atomic E-state index is -0.312. The van der Waals surface area contributed by atoms with Crippen molar-refractivity contribution in [3.63, 3.8) is 0 Å². The van der Waals surface area contributed by atoms with E-state index in [1.807, 2.05) is 0 Å². The molecule has 2 bridgehead atoms. The third kappa shape index (κ3) is 3.14. The Morgan fingerprint density at radius 1 is 1.29 bits per heavy atom. The van der Waals surface area contributed by atoms with Gasteiger partial charge in [0.1, 0.15) is 11.5 Å². The molecule has 0 amide bonds. The van der Waals surface area contributed by atoms with E-state index in [4.69, 9.17) is 4.74 Å². The molecule has 3 heterocycles. The van der Waals surface area contributed by atoms with Gasteiger partial charge in [0.05, 0.1) is 17.3 Å². The van der Waals surface area contributed by atoms with Crippen LogP contribution in [0.1, 0.15) is 30.0 Å². The Balaban J connectivity index is 1.42. The van der Waals surface area contributed by atoms with E-state index in [9.17, 15) is 4.39 Å². The highest BCUT2D eigenvalue weighted by Gasteiger charge is 2.39. The van der Waals surface area contributed by atoms with E-state index >= 15 is 0 Å². The molecule has 2 fully saturated rings. The Morgan fingerprint density at radius 3 is 3.08 bits per heavy atom. The Hall–Kier alpha value is -1.97. The molecule has 0 radical (unpaired) electrons. The summed E-state index contributed by atoms with van der Waals surface area (Å²) in [6, 6.07) is 6.48. The van der Waals surface area contributed by atoms with Crippen molar-refractivity contribution in [2.75, 3.05) is 26.2 Å². The zero-order chi connectivity index (χ0) is 16.4. The van der Waals surface area contributed by atoms with Crippen LogP contribution >= 0.6 is 11.7 Å². The lowest BCUT2D eigenvalue weighted by molar-refractivity contribution is 0.269. The largest absolute Gasteiger partial charge is 0.463 e. The van der Waals surface area contributed by atoms with Crippen molar-refractivity contribution in [3.05, 3.63) is 41.3 Å². The molecule has 2 saturated heterocycles. The van der Waals surface area contributed by atoms with Gasteiger partial charge in [0, 0.05) is 19.0 Å². The van der Waals surface area contributed by atoms with Gasteiger partial charge in [-0.05, 0) is 37.4 Å². The first kappa shape index (κ1) is 15.6. The van der Waals surface area contributed by atoms with Gasteiger partial charge in [0.25, 0.3) is 0 Å². The lowest BCUT2D eigenvalue weighted by Crippen LogP contribution is -2.25. The van der Waals surface area contributed by atoms with Crippen molar-refractivity contribution in [1.29, 1.82) is 0 Å². The Morgan fingerprint density at radius 2 is 2.21 bits per heavy atom. The van der Waals surface area contributed by atoms with E-state index in [0.29, 0.717) is 23.3 Å². The predicted molar refractivity (Wildman–Crippen MR) is 90.6 cm³/mol. The van der Waals surface area contributed by atoms with Crippen molar-refractivity contribution < 1.29 is 9.13 Å². The molecule has 1 unspecified atom stereocenters. The molecule has 124 valence electrons. The number of aromatic nitrogens is 2. The number of halogens is 1. The Bertz CT molecular complexity index is 782. The van der Waals surface area contributed by atoms with Crippen LogP contribution in [0.2, 0.25) is 0 Å². The van der Waals surface area contributed by atoms with Crippen LogP contribution in [0, 0.1) is 23.6 Å². The van der Waals surface area contributed by atoms with Crippen LogP contribution in [0.15, 0.2) is 24.3 Å². The van der Waals surface area contributed by atoms with Gasteiger partial charge in [-0.15, -0.1) is 4.37 Å². The summed E-state index contributed by atoms with van der Waals surface area (Å²) in [6.07, 6.45) is 2.52. The van der Waals surface area contributed by atoms with E-state index in [-0.39, 0.29) is 12.4 Å². The quantitative estimate of drug-likeness (QED) is 0.803. The summed E-state index contributed by atoms with van der Waals surface area (Å²) < 4.78 is 28.0. The maximum atomic E-state index is 13.5. The summed E-state index contributed by atoms with van der Waals surface area (Å²) in [5, 5.41) is 0. The Kier molecular flexibility index (Phi) is 4.46. The first-order valence-corrected chi connectivity index (χ1v) is 8.95. The maximum absolute atomic E-state index is 13.5. The summed E-state index contributed by atoms with van der Waals surface area (Å²) >= 11 is 1.19. The second kappa shape index (κ2) is 6.88. The summed E-state index contributed by atoms with van der Waals surface area (Å²) in [7, 11) is 0. The number of piperidine rings is 1. The minimum Gasteiger partial charge on any atom is -0.463 e. The lowest BCUT2D eigenvalue weighted by atomic mass is 9.89. The van der Waals surface area contributed by atoms with Gasteiger partial charge in [0.2, 0.25) is 5.88 Å². The normalized spacial score (nSPS) is 25.1. The summed E-state index contributed by atoms with van der Waals surface area (Å²) in [5.74, 6) is 7.02. The molecule has 0 N–H and O–H groups in total. The fourth-order valence-corrected chi connectivity index (χ4v) is 4.20. The number of benzene rings is 1. The van der Waals surface area contributed by atoms with Gasteiger partial charge in [-0.2, -0.15) is 4.37 Å². The minimum absolute atomic E-state index is 0.188. The molecular formula is C18H18FN3OS. The number of fused-ring (bicyclic) bond motifs is 2. The first-order valence-electron chi connectivity index (χ1n) is 8.22. The monoisotopic (exact) mass is 343 g/mol. The smallest absolute Gasteiger partial charge is 0.250 e. The van der Waals surface area contributed by atoms with E-state index in [1.54, 1.807) is 18.2 Å². The summed E-state index contributed by atoms with van der Waals surface area (Å²) in [4.78, 5) is 2.50.